The summed E-state index contributed by atoms with van der Waals surface area (Å²) in [5.41, 5.74) is 1.73. The minimum Gasteiger partial charge on any atom is -0.494 e. The zero-order valence-electron chi connectivity index (χ0n) is 15.5. The van der Waals surface area contributed by atoms with Crippen molar-refractivity contribution in [2.24, 2.45) is 5.92 Å². The fourth-order valence-electron chi connectivity index (χ4n) is 4.25. The van der Waals surface area contributed by atoms with Gasteiger partial charge in [-0.25, -0.2) is 4.39 Å². The molecule has 1 aromatic carbocycles. The number of rotatable bonds is 4. The topological polar surface area (TPSA) is 45.7 Å². The summed E-state index contributed by atoms with van der Waals surface area (Å²) in [6.07, 6.45) is 5.55. The molecule has 3 fully saturated rings. The predicted molar refractivity (Wildman–Crippen MR) is 100 cm³/mol. The summed E-state index contributed by atoms with van der Waals surface area (Å²) in [5.74, 6) is 0.492. The minimum absolute atomic E-state index is 0.0830. The number of carbonyl (C=O) groups excluding carboxylic acids is 1. The Morgan fingerprint density at radius 3 is 2.78 bits per heavy atom. The van der Waals surface area contributed by atoms with E-state index in [4.69, 9.17) is 4.74 Å². The first-order valence-electron chi connectivity index (χ1n) is 9.40. The average Bonchev–Trinajstić information content (AvgIpc) is 3.01. The first-order valence-corrected chi connectivity index (χ1v) is 9.40. The quantitative estimate of drug-likeness (QED) is 0.831. The number of amides is 1. The molecule has 2 atom stereocenters. The number of pyridine rings is 1. The van der Waals surface area contributed by atoms with E-state index in [9.17, 15) is 9.18 Å². The molecule has 0 unspecified atom stereocenters. The highest BCUT2D eigenvalue weighted by molar-refractivity contribution is 5.94. The molecule has 142 valence electrons. The van der Waals surface area contributed by atoms with Crippen LogP contribution >= 0.6 is 0 Å². The second-order valence-electron chi connectivity index (χ2n) is 7.44. The van der Waals surface area contributed by atoms with Gasteiger partial charge in [-0.15, -0.1) is 0 Å². The molecule has 0 aliphatic carbocycles. The van der Waals surface area contributed by atoms with Crippen molar-refractivity contribution in [1.29, 1.82) is 0 Å². The average molecular weight is 369 g/mol. The molecule has 3 saturated heterocycles. The molecule has 6 heteroatoms. The van der Waals surface area contributed by atoms with Crippen LogP contribution in [0.5, 0.6) is 5.75 Å². The summed E-state index contributed by atoms with van der Waals surface area (Å²) in [5, 5.41) is 0. The van der Waals surface area contributed by atoms with Gasteiger partial charge in [-0.3, -0.25) is 14.7 Å². The third-order valence-electron chi connectivity index (χ3n) is 5.64. The molecule has 5 nitrogen and oxygen atoms in total. The van der Waals surface area contributed by atoms with E-state index in [0.717, 1.165) is 44.6 Å². The maximum Gasteiger partial charge on any atom is 0.254 e. The maximum absolute atomic E-state index is 13.7. The first-order chi connectivity index (χ1) is 13.1. The van der Waals surface area contributed by atoms with Crippen LogP contribution in [0.1, 0.15) is 28.8 Å². The van der Waals surface area contributed by atoms with Gasteiger partial charge in [0.15, 0.2) is 11.6 Å². The summed E-state index contributed by atoms with van der Waals surface area (Å²) in [4.78, 5) is 21.3. The molecule has 3 aliphatic rings. The van der Waals surface area contributed by atoms with Crippen molar-refractivity contribution in [2.75, 3.05) is 26.7 Å². The number of carbonyl (C=O) groups is 1. The van der Waals surface area contributed by atoms with Gasteiger partial charge in [-0.05, 0) is 48.6 Å². The second-order valence-corrected chi connectivity index (χ2v) is 7.44. The summed E-state index contributed by atoms with van der Waals surface area (Å²) in [7, 11) is 1.48. The third-order valence-corrected chi connectivity index (χ3v) is 5.64. The lowest BCUT2D eigenvalue weighted by Gasteiger charge is -2.36. The zero-order valence-corrected chi connectivity index (χ0v) is 15.5. The van der Waals surface area contributed by atoms with Crippen molar-refractivity contribution in [1.82, 2.24) is 14.8 Å². The van der Waals surface area contributed by atoms with Gasteiger partial charge < -0.3 is 9.64 Å². The molecule has 1 amide bonds. The van der Waals surface area contributed by atoms with Crippen LogP contribution in [-0.2, 0) is 6.54 Å². The van der Waals surface area contributed by atoms with Gasteiger partial charge in [-0.1, -0.05) is 6.07 Å². The highest BCUT2D eigenvalue weighted by Crippen LogP contribution is 2.30. The van der Waals surface area contributed by atoms with Crippen LogP contribution in [0.15, 0.2) is 42.7 Å². The largest absolute Gasteiger partial charge is 0.494 e. The Bertz CT molecular complexity index is 814. The maximum atomic E-state index is 13.7. The number of benzene rings is 1. The Hall–Kier alpha value is -2.47. The van der Waals surface area contributed by atoms with Crippen molar-refractivity contribution >= 4 is 5.91 Å². The zero-order chi connectivity index (χ0) is 18.8. The Morgan fingerprint density at radius 2 is 2.00 bits per heavy atom. The van der Waals surface area contributed by atoms with Crippen LogP contribution < -0.4 is 4.74 Å². The molecule has 5 rings (SSSR count). The van der Waals surface area contributed by atoms with Crippen LogP contribution in [0.3, 0.4) is 0 Å². The van der Waals surface area contributed by atoms with Crippen molar-refractivity contribution in [3.05, 3.63) is 59.7 Å². The van der Waals surface area contributed by atoms with E-state index >= 15 is 0 Å². The van der Waals surface area contributed by atoms with Crippen LogP contribution in [0.4, 0.5) is 4.39 Å². The van der Waals surface area contributed by atoms with Gasteiger partial charge >= 0.3 is 0 Å². The number of hydrogen-bond acceptors (Lipinski definition) is 4. The number of methoxy groups -OCH3 is 1. The molecule has 3 aliphatic heterocycles. The Kier molecular flexibility index (Phi) is 5.07. The summed E-state index contributed by atoms with van der Waals surface area (Å²) in [6, 6.07) is 8.92. The van der Waals surface area contributed by atoms with Gasteiger partial charge in [-0.2, -0.15) is 0 Å². The lowest BCUT2D eigenvalue weighted by molar-refractivity contribution is 0.0736. The van der Waals surface area contributed by atoms with E-state index in [2.05, 4.69) is 9.88 Å². The van der Waals surface area contributed by atoms with E-state index < -0.39 is 0 Å². The number of halogens is 1. The molecule has 2 bridgehead atoms. The fraction of sp³-hybridized carbons (Fsp3) is 0.429. The number of piperidine rings is 1. The van der Waals surface area contributed by atoms with Gasteiger partial charge in [0.05, 0.1) is 7.11 Å². The van der Waals surface area contributed by atoms with Gasteiger partial charge in [0.1, 0.15) is 0 Å². The van der Waals surface area contributed by atoms with Crippen molar-refractivity contribution in [3.8, 4) is 5.75 Å². The molecule has 0 radical (unpaired) electrons. The number of hydrogen-bond donors (Lipinski definition) is 0. The summed E-state index contributed by atoms with van der Waals surface area (Å²) >= 11 is 0. The van der Waals surface area contributed by atoms with E-state index in [1.807, 2.05) is 11.0 Å². The van der Waals surface area contributed by atoms with E-state index in [-0.39, 0.29) is 17.5 Å². The molecule has 1 aromatic heterocycles. The van der Waals surface area contributed by atoms with Crippen LogP contribution in [0, 0.1) is 11.7 Å². The molecule has 0 N–H and O–H groups in total. The highest BCUT2D eigenvalue weighted by atomic mass is 19.1. The molecule has 4 heterocycles. The normalized spacial score (nSPS) is 22.5. The molecular formula is C21H24FN3O2. The lowest BCUT2D eigenvalue weighted by Crippen LogP contribution is -2.43. The Balaban J connectivity index is 1.49. The van der Waals surface area contributed by atoms with Crippen LogP contribution in [0.25, 0.3) is 0 Å². The molecule has 2 aromatic rings. The van der Waals surface area contributed by atoms with E-state index in [0.29, 0.717) is 17.5 Å². The van der Waals surface area contributed by atoms with Crippen LogP contribution in [-0.4, -0.2) is 53.5 Å². The monoisotopic (exact) mass is 369 g/mol. The number of nitrogens with zero attached hydrogens (tertiary/aromatic N) is 3. The summed E-state index contributed by atoms with van der Waals surface area (Å²) < 4.78 is 18.8. The van der Waals surface area contributed by atoms with Gasteiger partial charge in [0, 0.05) is 50.2 Å². The standard InChI is InChI=1S/C21H24FN3O2/c1-27-20-10-15(3-5-19(20)22)11-24-12-16-2-4-18(24)14-25(13-16)21(26)17-6-8-23-9-7-17/h3,5-10,16,18H,2,4,11-14H2,1H3/t16-,18-/m1/s1. The lowest BCUT2D eigenvalue weighted by atomic mass is 9.94. The molecule has 0 spiro atoms. The molecule has 0 saturated carbocycles. The molecular weight excluding hydrogens is 345 g/mol. The van der Waals surface area contributed by atoms with Gasteiger partial charge in [0.2, 0.25) is 0 Å². The SMILES string of the molecule is COc1cc(CN2C[C@H]3CC[C@@H]2CN(C(=O)c2ccncc2)C3)ccc1F. The fourth-order valence-corrected chi connectivity index (χ4v) is 4.25. The van der Waals surface area contributed by atoms with Crippen molar-refractivity contribution < 1.29 is 13.9 Å². The van der Waals surface area contributed by atoms with Crippen molar-refractivity contribution in [3.63, 3.8) is 0 Å². The Labute approximate surface area is 158 Å². The Morgan fingerprint density at radius 1 is 1.19 bits per heavy atom. The number of fused-ring (bicyclic) bond motifs is 4. The predicted octanol–water partition coefficient (Wildman–Crippen LogP) is 2.97. The van der Waals surface area contributed by atoms with Crippen molar-refractivity contribution in [2.45, 2.75) is 25.4 Å². The number of aromatic nitrogens is 1. The van der Waals surface area contributed by atoms with Crippen LogP contribution in [0.2, 0.25) is 0 Å². The first kappa shape index (κ1) is 17.9. The van der Waals surface area contributed by atoms with E-state index in [1.165, 1.54) is 13.2 Å². The minimum atomic E-state index is -0.340. The smallest absolute Gasteiger partial charge is 0.254 e. The van der Waals surface area contributed by atoms with E-state index in [1.54, 1.807) is 30.6 Å². The number of ether oxygens (including phenoxy) is 1. The molecule has 27 heavy (non-hydrogen) atoms. The second kappa shape index (κ2) is 7.64. The third kappa shape index (κ3) is 3.81. The summed E-state index contributed by atoms with van der Waals surface area (Å²) in [6.45, 7) is 3.23. The van der Waals surface area contributed by atoms with Gasteiger partial charge in [0.25, 0.3) is 5.91 Å². The highest BCUT2D eigenvalue weighted by Gasteiger charge is 2.36.